The summed E-state index contributed by atoms with van der Waals surface area (Å²) < 4.78 is 11.0. The molecule has 1 atom stereocenters. The van der Waals surface area contributed by atoms with E-state index in [2.05, 4.69) is 0 Å². The fourth-order valence-electron chi connectivity index (χ4n) is 2.61. The third-order valence-corrected chi connectivity index (χ3v) is 4.56. The Balaban J connectivity index is 1.91. The van der Waals surface area contributed by atoms with Gasteiger partial charge in [-0.1, -0.05) is 42.5 Å². The van der Waals surface area contributed by atoms with Gasteiger partial charge in [-0.15, -0.1) is 11.8 Å². The Morgan fingerprint density at radius 3 is 2.64 bits per heavy atom. The number of ketones is 1. The molecule has 2 aromatic rings. The molecule has 0 saturated heterocycles. The molecule has 1 heterocycles. The molecule has 5 heteroatoms. The van der Waals surface area contributed by atoms with Gasteiger partial charge in [-0.25, -0.2) is 0 Å². The van der Waals surface area contributed by atoms with Crippen molar-refractivity contribution >= 4 is 23.5 Å². The van der Waals surface area contributed by atoms with Crippen molar-refractivity contribution in [1.82, 2.24) is 0 Å². The number of rotatable bonds is 5. The van der Waals surface area contributed by atoms with E-state index in [0.29, 0.717) is 23.5 Å². The Bertz CT molecular complexity index is 798. The average Bonchev–Trinajstić information content (AvgIpc) is 2.64. The van der Waals surface area contributed by atoms with Crippen LogP contribution in [0.1, 0.15) is 28.9 Å². The van der Waals surface area contributed by atoms with Crippen molar-refractivity contribution in [3.05, 3.63) is 76.7 Å². The Morgan fingerprint density at radius 1 is 1.16 bits per heavy atom. The van der Waals surface area contributed by atoms with Crippen LogP contribution in [0.3, 0.4) is 0 Å². The fraction of sp³-hybridized carbons (Fsp3) is 0.200. The molecule has 128 valence electrons. The minimum atomic E-state index is -0.488. The van der Waals surface area contributed by atoms with E-state index in [1.165, 1.54) is 11.8 Å². The number of hydrogen-bond donors (Lipinski definition) is 0. The summed E-state index contributed by atoms with van der Waals surface area (Å²) in [6.45, 7) is 2.11. The largest absolute Gasteiger partial charge is 0.480 e. The van der Waals surface area contributed by atoms with Crippen molar-refractivity contribution in [3.63, 3.8) is 0 Å². The maximum absolute atomic E-state index is 12.9. The molecular weight excluding hydrogens is 336 g/mol. The Morgan fingerprint density at radius 2 is 1.88 bits per heavy atom. The van der Waals surface area contributed by atoms with E-state index in [0.717, 1.165) is 5.56 Å². The summed E-state index contributed by atoms with van der Waals surface area (Å²) in [5, 5.41) is 1.72. The molecule has 0 spiro atoms. The van der Waals surface area contributed by atoms with E-state index in [4.69, 9.17) is 9.47 Å². The lowest BCUT2D eigenvalue weighted by atomic mass is 9.92. The van der Waals surface area contributed by atoms with Crippen LogP contribution in [0.5, 0.6) is 5.75 Å². The number of carbonyl (C=O) groups is 2. The van der Waals surface area contributed by atoms with Gasteiger partial charge >= 0.3 is 5.97 Å². The van der Waals surface area contributed by atoms with Crippen LogP contribution in [0.15, 0.2) is 65.6 Å². The van der Waals surface area contributed by atoms with Gasteiger partial charge in [0, 0.05) is 0 Å². The lowest BCUT2D eigenvalue weighted by Gasteiger charge is -2.28. The number of ether oxygens (including phenoxy) is 2. The summed E-state index contributed by atoms with van der Waals surface area (Å²) in [4.78, 5) is 24.5. The Kier molecular flexibility index (Phi) is 5.56. The van der Waals surface area contributed by atoms with E-state index in [1.807, 2.05) is 42.5 Å². The van der Waals surface area contributed by atoms with E-state index in [-0.39, 0.29) is 17.5 Å². The minimum absolute atomic E-state index is 0.0768. The molecule has 0 N–H and O–H groups in total. The topological polar surface area (TPSA) is 52.6 Å². The van der Waals surface area contributed by atoms with Crippen molar-refractivity contribution < 1.29 is 19.1 Å². The zero-order chi connectivity index (χ0) is 17.6. The van der Waals surface area contributed by atoms with Crippen LogP contribution in [-0.2, 0) is 9.53 Å². The molecule has 2 aromatic carbocycles. The SMILES string of the molecule is CCOC(=O)CSC=C1C(=O)c2ccccc2O[C@H]1c1ccccc1. The van der Waals surface area contributed by atoms with Gasteiger partial charge in [0.2, 0.25) is 0 Å². The lowest BCUT2D eigenvalue weighted by molar-refractivity contribution is -0.139. The first-order chi connectivity index (χ1) is 12.2. The second-order valence-electron chi connectivity index (χ2n) is 5.42. The van der Waals surface area contributed by atoms with Gasteiger partial charge < -0.3 is 9.47 Å². The average molecular weight is 354 g/mol. The molecule has 0 amide bonds. The van der Waals surface area contributed by atoms with Gasteiger partial charge in [-0.2, -0.15) is 0 Å². The second kappa shape index (κ2) is 8.03. The summed E-state index contributed by atoms with van der Waals surface area (Å²) in [6.07, 6.45) is -0.488. The first-order valence-electron chi connectivity index (χ1n) is 8.03. The molecule has 25 heavy (non-hydrogen) atoms. The molecule has 4 nitrogen and oxygen atoms in total. The third-order valence-electron chi connectivity index (χ3n) is 3.74. The van der Waals surface area contributed by atoms with Gasteiger partial charge in [-0.3, -0.25) is 9.59 Å². The number of hydrogen-bond acceptors (Lipinski definition) is 5. The molecule has 0 bridgehead atoms. The van der Waals surface area contributed by atoms with E-state index in [9.17, 15) is 9.59 Å². The molecular formula is C20H18O4S. The van der Waals surface area contributed by atoms with Gasteiger partial charge in [0.1, 0.15) is 5.75 Å². The smallest absolute Gasteiger partial charge is 0.316 e. The van der Waals surface area contributed by atoms with Crippen LogP contribution in [-0.4, -0.2) is 24.1 Å². The minimum Gasteiger partial charge on any atom is -0.480 e. The molecule has 1 aliphatic rings. The van der Waals surface area contributed by atoms with Crippen LogP contribution in [0, 0.1) is 0 Å². The normalized spacial score (nSPS) is 17.7. The third kappa shape index (κ3) is 3.94. The lowest BCUT2D eigenvalue weighted by Crippen LogP contribution is -2.23. The molecule has 0 saturated carbocycles. The molecule has 0 aliphatic carbocycles. The fourth-order valence-corrected chi connectivity index (χ4v) is 3.33. The van der Waals surface area contributed by atoms with Gasteiger partial charge in [0.05, 0.1) is 23.5 Å². The number of esters is 1. The predicted octanol–water partition coefficient (Wildman–Crippen LogP) is 4.18. The summed E-state index contributed by atoms with van der Waals surface area (Å²) in [7, 11) is 0. The molecule has 0 aromatic heterocycles. The van der Waals surface area contributed by atoms with Crippen molar-refractivity contribution in [1.29, 1.82) is 0 Å². The molecule has 0 radical (unpaired) electrons. The number of Topliss-reactive ketones (excluding diaryl/α,β-unsaturated/α-hetero) is 1. The highest BCUT2D eigenvalue weighted by molar-refractivity contribution is 8.02. The number of carbonyl (C=O) groups excluding carboxylic acids is 2. The van der Waals surface area contributed by atoms with Crippen LogP contribution in [0.25, 0.3) is 0 Å². The standard InChI is InChI=1S/C20H18O4S/c1-2-23-18(21)13-25-12-16-19(22)15-10-6-7-11-17(15)24-20(16)14-8-4-3-5-9-14/h3-12,20H,2,13H2,1H3/t20-/m0/s1. The van der Waals surface area contributed by atoms with Crippen molar-refractivity contribution in [2.45, 2.75) is 13.0 Å². The summed E-state index contributed by atoms with van der Waals surface area (Å²) >= 11 is 1.25. The predicted molar refractivity (Wildman–Crippen MR) is 97.8 cm³/mol. The van der Waals surface area contributed by atoms with Crippen LogP contribution in [0.2, 0.25) is 0 Å². The van der Waals surface area contributed by atoms with Crippen LogP contribution < -0.4 is 4.74 Å². The van der Waals surface area contributed by atoms with Crippen molar-refractivity contribution in [2.24, 2.45) is 0 Å². The zero-order valence-electron chi connectivity index (χ0n) is 13.8. The highest BCUT2D eigenvalue weighted by Crippen LogP contribution is 2.39. The summed E-state index contributed by atoms with van der Waals surface area (Å²) in [5.41, 5.74) is 1.96. The van der Waals surface area contributed by atoms with Crippen LogP contribution >= 0.6 is 11.8 Å². The number of benzene rings is 2. The highest BCUT2D eigenvalue weighted by Gasteiger charge is 2.32. The Hall–Kier alpha value is -2.53. The van der Waals surface area contributed by atoms with Gasteiger partial charge in [0.15, 0.2) is 11.9 Å². The quantitative estimate of drug-likeness (QED) is 0.595. The molecule has 1 aliphatic heterocycles. The Labute approximate surface area is 150 Å². The first-order valence-corrected chi connectivity index (χ1v) is 9.08. The number of para-hydroxylation sites is 1. The van der Waals surface area contributed by atoms with Gasteiger partial charge in [0.25, 0.3) is 0 Å². The van der Waals surface area contributed by atoms with Gasteiger partial charge in [-0.05, 0) is 30.0 Å². The monoisotopic (exact) mass is 354 g/mol. The maximum Gasteiger partial charge on any atom is 0.316 e. The number of thioether (sulfide) groups is 1. The first kappa shape index (κ1) is 17.3. The van der Waals surface area contributed by atoms with E-state index in [1.54, 1.807) is 24.5 Å². The van der Waals surface area contributed by atoms with Crippen LogP contribution in [0.4, 0.5) is 0 Å². The second-order valence-corrected chi connectivity index (χ2v) is 6.28. The molecule has 3 rings (SSSR count). The number of fused-ring (bicyclic) bond motifs is 1. The highest BCUT2D eigenvalue weighted by atomic mass is 32.2. The zero-order valence-corrected chi connectivity index (χ0v) is 14.6. The van der Waals surface area contributed by atoms with E-state index < -0.39 is 6.10 Å². The molecule has 0 fully saturated rings. The van der Waals surface area contributed by atoms with Crippen molar-refractivity contribution in [3.8, 4) is 5.75 Å². The maximum atomic E-state index is 12.9. The summed E-state index contributed by atoms with van der Waals surface area (Å²) in [5.74, 6) is 0.361. The molecule has 0 unspecified atom stereocenters. The van der Waals surface area contributed by atoms with Crippen molar-refractivity contribution in [2.75, 3.05) is 12.4 Å². The summed E-state index contributed by atoms with van der Waals surface area (Å²) in [6, 6.07) is 16.8. The van der Waals surface area contributed by atoms with E-state index >= 15 is 0 Å².